The van der Waals surface area contributed by atoms with E-state index < -0.39 is 0 Å². The smallest absolute Gasteiger partial charge is 0.164 e. The molecular formula is C55H41N3O. The highest BCUT2D eigenvalue weighted by atomic mass is 16.3. The van der Waals surface area contributed by atoms with Crippen LogP contribution in [0.2, 0.25) is 0 Å². The van der Waals surface area contributed by atoms with E-state index in [0.29, 0.717) is 17.5 Å². The van der Waals surface area contributed by atoms with Gasteiger partial charge in [-0.1, -0.05) is 172 Å². The van der Waals surface area contributed by atoms with E-state index in [1.54, 1.807) is 0 Å². The van der Waals surface area contributed by atoms with Crippen LogP contribution in [0.1, 0.15) is 43.3 Å². The summed E-state index contributed by atoms with van der Waals surface area (Å²) in [6, 6.07) is 57.4. The van der Waals surface area contributed by atoms with Crippen molar-refractivity contribution in [3.63, 3.8) is 0 Å². The molecule has 0 atom stereocenters. The Hall–Kier alpha value is -7.43. The largest absolute Gasteiger partial charge is 0.456 e. The maximum absolute atomic E-state index is 6.53. The minimum absolute atomic E-state index is 0.0488. The zero-order valence-corrected chi connectivity index (χ0v) is 33.3. The summed E-state index contributed by atoms with van der Waals surface area (Å²) >= 11 is 0. The summed E-state index contributed by atoms with van der Waals surface area (Å²) in [5.41, 5.74) is 16.1. The van der Waals surface area contributed by atoms with Crippen molar-refractivity contribution in [3.8, 4) is 56.2 Å². The molecule has 7 aromatic carbocycles. The number of furan rings is 1. The zero-order valence-electron chi connectivity index (χ0n) is 33.3. The molecule has 0 amide bonds. The highest BCUT2D eigenvalue weighted by Crippen LogP contribution is 2.50. The van der Waals surface area contributed by atoms with Crippen molar-refractivity contribution < 1.29 is 4.42 Å². The van der Waals surface area contributed by atoms with Crippen LogP contribution in [0.15, 0.2) is 193 Å². The van der Waals surface area contributed by atoms with E-state index in [2.05, 4.69) is 160 Å². The van der Waals surface area contributed by atoms with E-state index in [9.17, 15) is 0 Å². The number of fused-ring (bicyclic) bond motifs is 6. The summed E-state index contributed by atoms with van der Waals surface area (Å²) in [5.74, 6) is 1.67. The van der Waals surface area contributed by atoms with Crippen LogP contribution in [-0.4, -0.2) is 15.0 Å². The SMILES string of the molecule is C=C/C(=C\C(=C/C)c1ccccc1)c1nc(-c2ccc(-c3ccccc3)cc2)nc(-c2cccc3oc4ccc(-c5ccc6c(c5)-c5ccccc5C6(C)C)cc4c23)n1. The molecule has 0 N–H and O–H groups in total. The Morgan fingerprint density at radius 3 is 1.93 bits per heavy atom. The molecule has 4 nitrogen and oxygen atoms in total. The Kier molecular flexibility index (Phi) is 8.83. The van der Waals surface area contributed by atoms with Gasteiger partial charge in [0.05, 0.1) is 0 Å². The Labute approximate surface area is 344 Å². The Morgan fingerprint density at radius 2 is 1.15 bits per heavy atom. The first kappa shape index (κ1) is 35.9. The lowest BCUT2D eigenvalue weighted by Crippen LogP contribution is -2.14. The number of benzene rings is 7. The van der Waals surface area contributed by atoms with E-state index in [-0.39, 0.29) is 5.41 Å². The molecule has 10 rings (SSSR count). The van der Waals surface area contributed by atoms with E-state index in [4.69, 9.17) is 19.4 Å². The average Bonchev–Trinajstić information content (AvgIpc) is 3.78. The van der Waals surface area contributed by atoms with Crippen molar-refractivity contribution in [2.75, 3.05) is 0 Å². The number of hydrogen-bond donors (Lipinski definition) is 0. The van der Waals surface area contributed by atoms with Gasteiger partial charge in [-0.3, -0.25) is 0 Å². The summed E-state index contributed by atoms with van der Waals surface area (Å²) in [7, 11) is 0. The first-order chi connectivity index (χ1) is 28.9. The number of aromatic nitrogens is 3. The molecule has 9 aromatic rings. The fourth-order valence-corrected chi connectivity index (χ4v) is 8.64. The third kappa shape index (κ3) is 6.30. The summed E-state index contributed by atoms with van der Waals surface area (Å²) in [5, 5.41) is 1.96. The standard InChI is InChI=1S/C55H41N3O/c1-5-35(37-16-9-7-10-17-37)32-36(6-2)52-56-53(40-26-24-39(25-27-40)38-18-11-8-12-19-38)58-54(57-52)44-21-15-23-50-51(44)46-34-42(29-31-49(46)59-50)41-28-30-48-45(33-41)43-20-13-14-22-47(43)55(48,3)4/h5-34H,2H2,1,3-4H3/b35-5+,36-32+. The van der Waals surface area contributed by atoms with Crippen LogP contribution in [0.25, 0.3) is 89.2 Å². The van der Waals surface area contributed by atoms with Crippen molar-refractivity contribution in [2.24, 2.45) is 0 Å². The second kappa shape index (κ2) is 14.5. The number of rotatable bonds is 8. The lowest BCUT2D eigenvalue weighted by molar-refractivity contribution is 0.660. The summed E-state index contributed by atoms with van der Waals surface area (Å²) in [6.07, 6.45) is 6.02. The molecule has 0 fully saturated rings. The second-order valence-corrected chi connectivity index (χ2v) is 15.6. The molecule has 282 valence electrons. The summed E-state index contributed by atoms with van der Waals surface area (Å²) in [4.78, 5) is 15.5. The second-order valence-electron chi connectivity index (χ2n) is 15.6. The van der Waals surface area contributed by atoms with Gasteiger partial charge in [-0.2, -0.15) is 0 Å². The van der Waals surface area contributed by atoms with Gasteiger partial charge in [0.15, 0.2) is 17.5 Å². The Morgan fingerprint density at radius 1 is 0.525 bits per heavy atom. The third-order valence-electron chi connectivity index (χ3n) is 11.7. The maximum atomic E-state index is 6.53. The molecule has 0 spiro atoms. The van der Waals surface area contributed by atoms with Gasteiger partial charge < -0.3 is 4.42 Å². The van der Waals surface area contributed by atoms with Crippen molar-refractivity contribution in [3.05, 3.63) is 211 Å². The summed E-state index contributed by atoms with van der Waals surface area (Å²) < 4.78 is 6.53. The maximum Gasteiger partial charge on any atom is 0.164 e. The van der Waals surface area contributed by atoms with Gasteiger partial charge in [-0.25, -0.2) is 15.0 Å². The topological polar surface area (TPSA) is 51.8 Å². The van der Waals surface area contributed by atoms with E-state index in [1.165, 1.54) is 22.3 Å². The molecule has 2 aromatic heterocycles. The van der Waals surface area contributed by atoms with Crippen LogP contribution in [0.4, 0.5) is 0 Å². The van der Waals surface area contributed by atoms with Crippen molar-refractivity contribution >= 4 is 33.1 Å². The molecule has 1 aliphatic carbocycles. The highest BCUT2D eigenvalue weighted by Gasteiger charge is 2.35. The molecule has 0 radical (unpaired) electrons. The average molecular weight is 760 g/mol. The Bertz CT molecular complexity index is 3130. The zero-order chi connectivity index (χ0) is 40.1. The van der Waals surface area contributed by atoms with Gasteiger partial charge in [0, 0.05) is 32.9 Å². The molecule has 1 aliphatic rings. The minimum Gasteiger partial charge on any atom is -0.456 e. The minimum atomic E-state index is -0.0488. The van der Waals surface area contributed by atoms with Gasteiger partial charge in [0.2, 0.25) is 0 Å². The highest BCUT2D eigenvalue weighted by molar-refractivity contribution is 6.13. The van der Waals surface area contributed by atoms with Gasteiger partial charge in [0.25, 0.3) is 0 Å². The van der Waals surface area contributed by atoms with Crippen LogP contribution in [0.3, 0.4) is 0 Å². The van der Waals surface area contributed by atoms with Crippen LogP contribution < -0.4 is 0 Å². The van der Waals surface area contributed by atoms with Gasteiger partial charge >= 0.3 is 0 Å². The molecule has 2 heterocycles. The molecule has 0 saturated heterocycles. The van der Waals surface area contributed by atoms with Crippen LogP contribution in [-0.2, 0) is 5.41 Å². The van der Waals surface area contributed by atoms with Crippen LogP contribution >= 0.6 is 0 Å². The lowest BCUT2D eigenvalue weighted by Gasteiger charge is -2.21. The first-order valence-corrected chi connectivity index (χ1v) is 20.1. The molecular weight excluding hydrogens is 719 g/mol. The number of hydrogen-bond acceptors (Lipinski definition) is 4. The van der Waals surface area contributed by atoms with E-state index in [0.717, 1.165) is 72.0 Å². The van der Waals surface area contributed by atoms with Gasteiger partial charge in [-0.05, 0) is 92.9 Å². The predicted octanol–water partition coefficient (Wildman–Crippen LogP) is 14.4. The van der Waals surface area contributed by atoms with Crippen molar-refractivity contribution in [1.82, 2.24) is 15.0 Å². The molecule has 0 bridgehead atoms. The van der Waals surface area contributed by atoms with Crippen molar-refractivity contribution in [1.29, 1.82) is 0 Å². The monoisotopic (exact) mass is 759 g/mol. The lowest BCUT2D eigenvalue weighted by atomic mass is 9.82. The number of nitrogens with zero attached hydrogens (tertiary/aromatic N) is 3. The van der Waals surface area contributed by atoms with Crippen LogP contribution in [0, 0.1) is 0 Å². The third-order valence-corrected chi connectivity index (χ3v) is 11.7. The molecule has 0 aliphatic heterocycles. The first-order valence-electron chi connectivity index (χ1n) is 20.1. The molecule has 4 heteroatoms. The van der Waals surface area contributed by atoms with Gasteiger partial charge in [-0.15, -0.1) is 0 Å². The van der Waals surface area contributed by atoms with E-state index in [1.807, 2.05) is 49.4 Å². The van der Waals surface area contributed by atoms with Crippen molar-refractivity contribution in [2.45, 2.75) is 26.2 Å². The fourth-order valence-electron chi connectivity index (χ4n) is 8.64. The molecule has 0 saturated carbocycles. The quantitative estimate of drug-likeness (QED) is 0.145. The fraction of sp³-hybridized carbons (Fsp3) is 0.0727. The predicted molar refractivity (Wildman–Crippen MR) is 245 cm³/mol. The van der Waals surface area contributed by atoms with E-state index >= 15 is 0 Å². The van der Waals surface area contributed by atoms with Crippen LogP contribution in [0.5, 0.6) is 0 Å². The molecule has 59 heavy (non-hydrogen) atoms. The number of allylic oxidation sites excluding steroid dienone is 5. The summed E-state index contributed by atoms with van der Waals surface area (Å²) in [6.45, 7) is 10.9. The normalized spacial score (nSPS) is 13.4. The Balaban J connectivity index is 1.13. The van der Waals surface area contributed by atoms with Gasteiger partial charge in [0.1, 0.15) is 11.2 Å². The molecule has 0 unspecified atom stereocenters.